The molecule has 1 heterocycles. The molecule has 0 saturated carbocycles. The van der Waals surface area contributed by atoms with Crippen LogP contribution in [0.2, 0.25) is 5.02 Å². The molecule has 3 rings (SSSR count). The minimum Gasteiger partial charge on any atom is -0.479 e. The third-order valence-electron chi connectivity index (χ3n) is 3.98. The lowest BCUT2D eigenvalue weighted by Crippen LogP contribution is -2.27. The first-order valence-electron chi connectivity index (χ1n) is 8.42. The normalized spacial score (nSPS) is 16.5. The molecular formula is C20H16ClNO4S2. The van der Waals surface area contributed by atoms with Crippen LogP contribution in [-0.2, 0) is 9.59 Å². The van der Waals surface area contributed by atoms with E-state index in [0.717, 1.165) is 0 Å². The summed E-state index contributed by atoms with van der Waals surface area (Å²) in [6, 6.07) is 13.9. The quantitative estimate of drug-likeness (QED) is 0.511. The molecule has 8 heteroatoms. The van der Waals surface area contributed by atoms with Crippen molar-refractivity contribution >= 4 is 63.5 Å². The van der Waals surface area contributed by atoms with Crippen LogP contribution in [0.3, 0.4) is 0 Å². The van der Waals surface area contributed by atoms with Crippen molar-refractivity contribution < 1.29 is 19.4 Å². The fraction of sp³-hybridized carbons (Fsp3) is 0.150. The van der Waals surface area contributed by atoms with Crippen LogP contribution in [0.15, 0.2) is 53.4 Å². The Morgan fingerprint density at radius 2 is 2.07 bits per heavy atom. The number of carboxylic acid groups (broad SMARTS) is 1. The summed E-state index contributed by atoms with van der Waals surface area (Å²) in [5, 5.41) is 9.74. The summed E-state index contributed by atoms with van der Waals surface area (Å²) in [5.74, 6) is -0.910. The molecule has 1 fully saturated rings. The number of thiocarbonyl (C=S) groups is 1. The Morgan fingerprint density at radius 1 is 1.32 bits per heavy atom. The number of amides is 1. The number of halogens is 1. The Kier molecular flexibility index (Phi) is 6.39. The van der Waals surface area contributed by atoms with Gasteiger partial charge in [0, 0.05) is 10.6 Å². The van der Waals surface area contributed by atoms with Gasteiger partial charge < -0.3 is 9.84 Å². The standard InChI is InChI=1S/C20H16ClNO4S2/c1-2-15(19(24)25)26-16-9-4-3-6-12(16)10-17-18(23)22(20(27)28-17)14-8-5-7-13(21)11-14/h3-11,15H,2H2,1H3,(H,24,25)/b17-10+. The minimum atomic E-state index is -1.04. The number of thioether (sulfide) groups is 1. The van der Waals surface area contributed by atoms with E-state index in [-0.39, 0.29) is 5.91 Å². The van der Waals surface area contributed by atoms with Crippen LogP contribution in [0.1, 0.15) is 18.9 Å². The average Bonchev–Trinajstić information content (AvgIpc) is 2.94. The van der Waals surface area contributed by atoms with E-state index in [9.17, 15) is 14.7 Å². The Hall–Kier alpha value is -2.35. The van der Waals surface area contributed by atoms with Gasteiger partial charge in [-0.25, -0.2) is 4.79 Å². The second-order valence-corrected chi connectivity index (χ2v) is 8.00. The Morgan fingerprint density at radius 3 is 2.75 bits per heavy atom. The van der Waals surface area contributed by atoms with Crippen LogP contribution in [0.5, 0.6) is 5.75 Å². The second kappa shape index (κ2) is 8.77. The molecular weight excluding hydrogens is 418 g/mol. The maximum atomic E-state index is 12.9. The number of rotatable bonds is 6. The van der Waals surface area contributed by atoms with E-state index in [1.54, 1.807) is 61.5 Å². The first-order chi connectivity index (χ1) is 13.4. The molecule has 5 nitrogen and oxygen atoms in total. The molecule has 1 amide bonds. The lowest BCUT2D eigenvalue weighted by molar-refractivity contribution is -0.145. The number of para-hydroxylation sites is 1. The van der Waals surface area contributed by atoms with Gasteiger partial charge in [-0.15, -0.1) is 0 Å². The Bertz CT molecular complexity index is 976. The molecule has 144 valence electrons. The van der Waals surface area contributed by atoms with Crippen molar-refractivity contribution in [1.29, 1.82) is 0 Å². The molecule has 1 aliphatic rings. The number of anilines is 1. The fourth-order valence-electron chi connectivity index (χ4n) is 2.62. The summed E-state index contributed by atoms with van der Waals surface area (Å²) in [7, 11) is 0. The Balaban J connectivity index is 1.92. The lowest BCUT2D eigenvalue weighted by atomic mass is 10.1. The molecule has 1 N–H and O–H groups in total. The zero-order chi connectivity index (χ0) is 20.3. The van der Waals surface area contributed by atoms with E-state index in [4.69, 9.17) is 28.6 Å². The van der Waals surface area contributed by atoms with Gasteiger partial charge in [0.2, 0.25) is 0 Å². The highest BCUT2D eigenvalue weighted by Gasteiger charge is 2.33. The molecule has 28 heavy (non-hydrogen) atoms. The van der Waals surface area contributed by atoms with Gasteiger partial charge in [0.25, 0.3) is 5.91 Å². The van der Waals surface area contributed by atoms with Gasteiger partial charge in [0.1, 0.15) is 5.75 Å². The van der Waals surface area contributed by atoms with E-state index in [2.05, 4.69) is 0 Å². The number of carbonyl (C=O) groups excluding carboxylic acids is 1. The predicted molar refractivity (Wildman–Crippen MR) is 116 cm³/mol. The van der Waals surface area contributed by atoms with Gasteiger partial charge in [-0.2, -0.15) is 0 Å². The molecule has 0 aromatic heterocycles. The highest BCUT2D eigenvalue weighted by molar-refractivity contribution is 8.27. The van der Waals surface area contributed by atoms with E-state index in [0.29, 0.717) is 37.7 Å². The van der Waals surface area contributed by atoms with Crippen molar-refractivity contribution in [2.24, 2.45) is 0 Å². The number of hydrogen-bond acceptors (Lipinski definition) is 5. The number of ether oxygens (including phenoxy) is 1. The van der Waals surface area contributed by atoms with Crippen molar-refractivity contribution in [3.8, 4) is 5.75 Å². The van der Waals surface area contributed by atoms with E-state index in [1.807, 2.05) is 0 Å². The van der Waals surface area contributed by atoms with Gasteiger partial charge >= 0.3 is 5.97 Å². The molecule has 1 atom stereocenters. The molecule has 2 aromatic rings. The van der Waals surface area contributed by atoms with Crippen molar-refractivity contribution in [2.75, 3.05) is 4.90 Å². The van der Waals surface area contributed by atoms with Crippen LogP contribution in [0.4, 0.5) is 5.69 Å². The van der Waals surface area contributed by atoms with E-state index >= 15 is 0 Å². The monoisotopic (exact) mass is 433 g/mol. The maximum Gasteiger partial charge on any atom is 0.344 e. The van der Waals surface area contributed by atoms with Crippen molar-refractivity contribution in [1.82, 2.24) is 0 Å². The lowest BCUT2D eigenvalue weighted by Gasteiger charge is -2.15. The number of carbonyl (C=O) groups is 2. The maximum absolute atomic E-state index is 12.9. The molecule has 0 spiro atoms. The number of nitrogens with zero attached hydrogens (tertiary/aromatic N) is 1. The topological polar surface area (TPSA) is 66.8 Å². The number of benzene rings is 2. The van der Waals surface area contributed by atoms with Crippen LogP contribution >= 0.6 is 35.6 Å². The summed E-state index contributed by atoms with van der Waals surface area (Å²) in [6.07, 6.45) is 1.02. The summed E-state index contributed by atoms with van der Waals surface area (Å²) in [4.78, 5) is 26.0. The molecule has 1 aliphatic heterocycles. The average molecular weight is 434 g/mol. The summed E-state index contributed by atoms with van der Waals surface area (Å²) >= 11 is 12.6. The summed E-state index contributed by atoms with van der Waals surface area (Å²) in [5.41, 5.74) is 1.20. The smallest absolute Gasteiger partial charge is 0.344 e. The molecule has 0 bridgehead atoms. The number of hydrogen-bond donors (Lipinski definition) is 1. The number of carboxylic acids is 1. The van der Waals surface area contributed by atoms with E-state index < -0.39 is 12.1 Å². The fourth-order valence-corrected chi connectivity index (χ4v) is 4.09. The van der Waals surface area contributed by atoms with E-state index in [1.165, 1.54) is 16.7 Å². The third kappa shape index (κ3) is 4.38. The molecule has 1 unspecified atom stereocenters. The molecule has 0 aliphatic carbocycles. The highest BCUT2D eigenvalue weighted by atomic mass is 35.5. The number of aliphatic carboxylic acids is 1. The first-order valence-corrected chi connectivity index (χ1v) is 10.0. The van der Waals surface area contributed by atoms with Crippen molar-refractivity contribution in [3.05, 3.63) is 64.0 Å². The second-order valence-electron chi connectivity index (χ2n) is 5.89. The summed E-state index contributed by atoms with van der Waals surface area (Å²) in [6.45, 7) is 1.73. The first kappa shape index (κ1) is 20.4. The molecule has 0 radical (unpaired) electrons. The third-order valence-corrected chi connectivity index (χ3v) is 5.52. The highest BCUT2D eigenvalue weighted by Crippen LogP contribution is 2.37. The van der Waals surface area contributed by atoms with Crippen molar-refractivity contribution in [3.63, 3.8) is 0 Å². The largest absolute Gasteiger partial charge is 0.479 e. The molecule has 2 aromatic carbocycles. The Labute approximate surface area is 176 Å². The van der Waals surface area contributed by atoms with Crippen LogP contribution < -0.4 is 9.64 Å². The van der Waals surface area contributed by atoms with Gasteiger partial charge in [-0.3, -0.25) is 9.69 Å². The van der Waals surface area contributed by atoms with Gasteiger partial charge in [0.15, 0.2) is 10.4 Å². The van der Waals surface area contributed by atoms with Gasteiger partial charge in [-0.05, 0) is 36.8 Å². The van der Waals surface area contributed by atoms with Gasteiger partial charge in [-0.1, -0.05) is 66.8 Å². The van der Waals surface area contributed by atoms with Crippen LogP contribution in [0, 0.1) is 0 Å². The zero-order valence-electron chi connectivity index (χ0n) is 14.8. The van der Waals surface area contributed by atoms with Gasteiger partial charge in [0.05, 0.1) is 10.6 Å². The SMILES string of the molecule is CCC(Oc1ccccc1/C=C1/SC(=S)N(c2cccc(Cl)c2)C1=O)C(=O)O. The van der Waals surface area contributed by atoms with Crippen LogP contribution in [-0.4, -0.2) is 27.4 Å². The van der Waals surface area contributed by atoms with Crippen LogP contribution in [0.25, 0.3) is 6.08 Å². The predicted octanol–water partition coefficient (Wildman–Crippen LogP) is 4.99. The zero-order valence-corrected chi connectivity index (χ0v) is 17.2. The molecule has 1 saturated heterocycles. The van der Waals surface area contributed by atoms with Crippen molar-refractivity contribution in [2.45, 2.75) is 19.4 Å². The minimum absolute atomic E-state index is 0.266. The summed E-state index contributed by atoms with van der Waals surface area (Å²) < 4.78 is 6.02.